The molecule has 0 aromatic rings. The topological polar surface area (TPSA) is 276 Å². The number of hydrogen-bond acceptors (Lipinski definition) is 21. The van der Waals surface area contributed by atoms with Crippen LogP contribution in [-0.4, -0.2) is 205 Å². The van der Waals surface area contributed by atoms with Gasteiger partial charge in [0, 0.05) is 58.0 Å². The van der Waals surface area contributed by atoms with Crippen LogP contribution >= 0.6 is 0 Å². The van der Waals surface area contributed by atoms with Gasteiger partial charge in [0.1, 0.15) is 67.1 Å². The van der Waals surface area contributed by atoms with Crippen molar-refractivity contribution < 1.29 is 102 Å². The molecule has 7 fully saturated rings. The summed E-state index contributed by atoms with van der Waals surface area (Å²) in [6.45, 7) is 15.9. The molecular weight excluding hydrogens is 997 g/mol. The lowest BCUT2D eigenvalue weighted by Crippen LogP contribution is -2.67. The molecule has 8 aliphatic rings. The Morgan fingerprint density at radius 3 is 1.95 bits per heavy atom. The predicted octanol–water partition coefficient (Wildman–Crippen LogP) is 2.88. The second kappa shape index (κ2) is 24.1. The fourth-order valence-corrected chi connectivity index (χ4v) is 14.8. The Morgan fingerprint density at radius 2 is 1.34 bits per heavy atom. The molecule has 4 aliphatic carbocycles. The third-order valence-electron chi connectivity index (χ3n) is 19.3. The Bertz CT molecular complexity index is 2060. The molecule has 0 radical (unpaired) electrons. The molecule has 3 saturated carbocycles. The van der Waals surface area contributed by atoms with Crippen LogP contribution in [0, 0.1) is 28.6 Å². The largest absolute Gasteiger partial charge is 0.463 e. The Kier molecular flexibility index (Phi) is 18.9. The lowest BCUT2D eigenvalue weighted by Gasteiger charge is -2.63. The number of carbonyl (C=O) groups is 2. The summed E-state index contributed by atoms with van der Waals surface area (Å²) in [5.41, 5.74) is -0.489. The number of esters is 2. The van der Waals surface area contributed by atoms with E-state index in [1.54, 1.807) is 34.1 Å². The van der Waals surface area contributed by atoms with Crippen molar-refractivity contribution in [2.75, 3.05) is 27.9 Å². The van der Waals surface area contributed by atoms with Crippen LogP contribution in [0.5, 0.6) is 0 Å². The van der Waals surface area contributed by atoms with Gasteiger partial charge >= 0.3 is 11.9 Å². The lowest BCUT2D eigenvalue weighted by molar-refractivity contribution is -0.373. The lowest BCUT2D eigenvalue weighted by atomic mass is 9.44. The quantitative estimate of drug-likeness (QED) is 0.0737. The highest BCUT2D eigenvalue weighted by molar-refractivity contribution is 5.87. The van der Waals surface area contributed by atoms with Gasteiger partial charge < -0.3 is 92.2 Å². The number of ether oxygens (including phenoxy) is 13. The van der Waals surface area contributed by atoms with E-state index < -0.39 is 146 Å². The maximum absolute atomic E-state index is 13.5. The third kappa shape index (κ3) is 11.1. The zero-order chi connectivity index (χ0) is 55.3. The summed E-state index contributed by atoms with van der Waals surface area (Å²) < 4.78 is 80.3. The molecule has 6 N–H and O–H groups in total. The number of carbonyl (C=O) groups excluding carboxylic acids is 2. The van der Waals surface area contributed by atoms with Crippen molar-refractivity contribution in [3.63, 3.8) is 0 Å². The van der Waals surface area contributed by atoms with E-state index in [2.05, 4.69) is 13.0 Å². The Labute approximate surface area is 447 Å². The minimum absolute atomic E-state index is 0.0339. The molecule has 4 heterocycles. The van der Waals surface area contributed by atoms with Gasteiger partial charge in [-0.3, -0.25) is 4.79 Å². The molecule has 0 aromatic carbocycles. The van der Waals surface area contributed by atoms with Crippen LogP contribution in [-0.2, 0) is 71.2 Å². The summed E-state index contributed by atoms with van der Waals surface area (Å²) in [6, 6.07) is 0. The van der Waals surface area contributed by atoms with Crippen molar-refractivity contribution in [1.82, 2.24) is 0 Å². The first-order valence-electron chi connectivity index (χ1n) is 27.6. The number of allylic oxidation sites excluding steroid dienone is 2. The molecule has 434 valence electrons. The highest BCUT2D eigenvalue weighted by Gasteiger charge is 2.72. The molecule has 21 nitrogen and oxygen atoms in total. The number of fused-ring (bicyclic) bond motifs is 5. The molecule has 0 aromatic heterocycles. The first-order valence-corrected chi connectivity index (χ1v) is 27.6. The maximum Gasteiger partial charge on any atom is 0.333 e. The van der Waals surface area contributed by atoms with Crippen molar-refractivity contribution >= 4 is 11.9 Å². The Hall–Kier alpha value is -2.26. The Morgan fingerprint density at radius 1 is 0.737 bits per heavy atom. The van der Waals surface area contributed by atoms with Gasteiger partial charge in [0.05, 0.1) is 48.8 Å². The minimum Gasteiger partial charge on any atom is -0.463 e. The number of aliphatic hydroxyl groups excluding tert-OH is 5. The van der Waals surface area contributed by atoms with Crippen molar-refractivity contribution in [2.24, 2.45) is 28.6 Å². The summed E-state index contributed by atoms with van der Waals surface area (Å²) in [4.78, 5) is 25.7. The summed E-state index contributed by atoms with van der Waals surface area (Å²) in [6.07, 6.45) is -9.58. The zero-order valence-corrected chi connectivity index (χ0v) is 46.4. The number of hydrogen-bond donors (Lipinski definition) is 6. The molecular formula is C55H88O21. The average molecular weight is 1090 g/mol. The van der Waals surface area contributed by atoms with Gasteiger partial charge in [-0.2, -0.15) is 0 Å². The van der Waals surface area contributed by atoms with E-state index in [0.29, 0.717) is 44.1 Å². The second-order valence-corrected chi connectivity index (χ2v) is 23.3. The molecule has 4 aliphatic heterocycles. The van der Waals surface area contributed by atoms with E-state index in [0.717, 1.165) is 12.8 Å². The van der Waals surface area contributed by atoms with E-state index in [1.807, 2.05) is 34.6 Å². The minimum atomic E-state index is -1.67. The van der Waals surface area contributed by atoms with Crippen LogP contribution in [0.25, 0.3) is 0 Å². The first kappa shape index (κ1) is 59.9. The van der Waals surface area contributed by atoms with Crippen molar-refractivity contribution in [1.29, 1.82) is 0 Å². The smallest absolute Gasteiger partial charge is 0.333 e. The fraction of sp³-hybridized carbons (Fsp3) is 0.891. The number of rotatable bonds is 16. The molecule has 27 atom stereocenters. The fourth-order valence-electron chi connectivity index (χ4n) is 14.8. The van der Waals surface area contributed by atoms with Crippen molar-refractivity contribution in [3.8, 4) is 0 Å². The highest BCUT2D eigenvalue weighted by Crippen LogP contribution is 2.69. The predicted molar refractivity (Wildman–Crippen MR) is 266 cm³/mol. The van der Waals surface area contributed by atoms with Gasteiger partial charge in [-0.1, -0.05) is 31.6 Å². The zero-order valence-electron chi connectivity index (χ0n) is 46.4. The average Bonchev–Trinajstić information content (AvgIpc) is 3.82. The van der Waals surface area contributed by atoms with Crippen LogP contribution in [0.1, 0.15) is 120 Å². The first-order chi connectivity index (χ1) is 36.0. The van der Waals surface area contributed by atoms with E-state index >= 15 is 0 Å². The molecule has 0 bridgehead atoms. The van der Waals surface area contributed by atoms with Gasteiger partial charge in [-0.25, -0.2) is 4.79 Å². The molecule has 0 amide bonds. The summed E-state index contributed by atoms with van der Waals surface area (Å²) in [5, 5.41) is 65.5. The monoisotopic (exact) mass is 1080 g/mol. The normalized spacial score (nSPS) is 49.2. The highest BCUT2D eigenvalue weighted by atomic mass is 16.8. The molecule has 0 spiro atoms. The molecule has 76 heavy (non-hydrogen) atoms. The SMILES string of the molecule is C/C=C(\C)C(=O)O[C@@H]1C[C@H]2[C@@H](CC=C3C[C@@H](O[C@H]4C[C@H](OC)[C@@H](O[C@H]5C[C@H](OC)[C@@H](O[C@@H]6O[C@H](C)[C@@H](O[C@H]7O[C@H](CO)[C@@H](O)[C@H](O)[C@H]7O)[C@@H](OC)[C@H]6O)[C@@H](C)O5)[C@@H](C)O4)CC[C@@]32C)[C@@]2(O)CC[C@H]([C@H](C)OC(C)=O)[C@@]12C. The number of aliphatic hydroxyl groups is 6. The molecule has 21 heteroatoms. The van der Waals surface area contributed by atoms with Gasteiger partial charge in [0.25, 0.3) is 0 Å². The molecule has 8 rings (SSSR count). The van der Waals surface area contributed by atoms with Crippen LogP contribution in [0.4, 0.5) is 0 Å². The van der Waals surface area contributed by atoms with Crippen LogP contribution in [0.2, 0.25) is 0 Å². The summed E-state index contributed by atoms with van der Waals surface area (Å²) in [7, 11) is 4.56. The van der Waals surface area contributed by atoms with Crippen LogP contribution < -0.4 is 0 Å². The van der Waals surface area contributed by atoms with Gasteiger partial charge in [-0.15, -0.1) is 0 Å². The molecule has 0 unspecified atom stereocenters. The van der Waals surface area contributed by atoms with Crippen LogP contribution in [0.15, 0.2) is 23.3 Å². The van der Waals surface area contributed by atoms with E-state index in [4.69, 9.17) is 61.6 Å². The number of methoxy groups -OCH3 is 3. The van der Waals surface area contributed by atoms with E-state index in [1.165, 1.54) is 19.6 Å². The van der Waals surface area contributed by atoms with E-state index in [9.17, 15) is 40.2 Å². The summed E-state index contributed by atoms with van der Waals surface area (Å²) >= 11 is 0. The van der Waals surface area contributed by atoms with Gasteiger partial charge in [0.2, 0.25) is 0 Å². The van der Waals surface area contributed by atoms with Crippen molar-refractivity contribution in [2.45, 2.75) is 255 Å². The van der Waals surface area contributed by atoms with Crippen LogP contribution in [0.3, 0.4) is 0 Å². The second-order valence-electron chi connectivity index (χ2n) is 23.3. The van der Waals surface area contributed by atoms with Gasteiger partial charge in [0.15, 0.2) is 25.2 Å². The standard InChI is InChI=1S/C55H88O21/c1-13-25(2)50(62)73-39-21-35-34(55(63)19-17-33(54(39,55)9)26(3)67-30(7)57)15-14-31-20-32(16-18-53(31,35)8)71-40-22-36(64-10)46(27(4)68-40)74-41-23-37(65-11)47(28(5)69-41)75-52-45(61)49(66-12)48(29(6)70-52)76-51-44(60)43(59)42(58)38(24-56)72-51/h13-14,26-29,32-49,51-52,56,58-61,63H,15-24H2,1-12H3/b25-13+/t26-,27+,28+,29+,32-,33+,34+,35-,36-,37-,38+,39+,40-,41-,42+,43-,44+,45+,46-,47-,48+,49-,51+,52-,53-,54-,55-/m0/s1. The summed E-state index contributed by atoms with van der Waals surface area (Å²) in [5.74, 6) is -1.02. The molecule has 4 saturated heterocycles. The maximum atomic E-state index is 13.5. The third-order valence-corrected chi connectivity index (χ3v) is 19.3. The Balaban J connectivity index is 0.873. The van der Waals surface area contributed by atoms with Crippen molar-refractivity contribution in [3.05, 3.63) is 23.3 Å². The van der Waals surface area contributed by atoms with E-state index in [-0.39, 0.29) is 41.7 Å². The van der Waals surface area contributed by atoms with Gasteiger partial charge in [-0.05, 0) is 104 Å².